The van der Waals surface area contributed by atoms with E-state index in [1.807, 2.05) is 78.9 Å². The fraction of sp³-hybridized carbons (Fsp3) is 0. The zero-order valence-electron chi connectivity index (χ0n) is 15.2. The Bertz CT molecular complexity index is 1360. The lowest BCUT2D eigenvalue weighted by Gasteiger charge is -2.13. The largest absolute Gasteiger partial charge is 0.434 e. The Morgan fingerprint density at radius 3 is 2.41 bits per heavy atom. The van der Waals surface area contributed by atoms with Crippen molar-refractivity contribution >= 4 is 22.4 Å². The minimum absolute atomic E-state index is 0.208. The highest BCUT2D eigenvalue weighted by atomic mass is 16.4. The zero-order valence-corrected chi connectivity index (χ0v) is 15.2. The van der Waals surface area contributed by atoms with Gasteiger partial charge in [0.2, 0.25) is 0 Å². The van der Waals surface area contributed by atoms with Gasteiger partial charge in [0.15, 0.2) is 5.82 Å². The van der Waals surface area contributed by atoms with Gasteiger partial charge >= 0.3 is 5.76 Å². The quantitative estimate of drug-likeness (QED) is 0.479. The molecule has 0 bridgehead atoms. The smallest absolute Gasteiger partial charge is 0.388 e. The first-order valence-electron chi connectivity index (χ1n) is 9.02. The summed E-state index contributed by atoms with van der Waals surface area (Å²) in [6.45, 7) is 0. The van der Waals surface area contributed by atoms with Gasteiger partial charge in [-0.15, -0.1) is 5.10 Å². The van der Waals surface area contributed by atoms with E-state index < -0.39 is 5.76 Å². The lowest BCUT2D eigenvalue weighted by molar-refractivity contribution is 0.527. The second-order valence-electron chi connectivity index (χ2n) is 6.37. The van der Waals surface area contributed by atoms with E-state index in [9.17, 15) is 4.79 Å². The molecule has 0 amide bonds. The summed E-state index contributed by atoms with van der Waals surface area (Å²) in [6.07, 6.45) is 0. The summed E-state index contributed by atoms with van der Waals surface area (Å²) in [5, 5.41) is 10.5. The van der Waals surface area contributed by atoms with Crippen molar-refractivity contribution in [3.63, 3.8) is 0 Å². The van der Waals surface area contributed by atoms with Crippen molar-refractivity contribution in [3.05, 3.63) is 89.4 Å². The van der Waals surface area contributed by atoms with Gasteiger partial charge in [-0.2, -0.15) is 0 Å². The number of nitrogens with zero attached hydrogens (tertiary/aromatic N) is 3. The number of hydrogen-bond donors (Lipinski definition) is 2. The third-order valence-electron chi connectivity index (χ3n) is 4.48. The van der Waals surface area contributed by atoms with Gasteiger partial charge in [-0.05, 0) is 24.3 Å². The molecule has 5 aromatic rings. The lowest BCUT2D eigenvalue weighted by Crippen LogP contribution is -2.00. The Kier molecular flexibility index (Phi) is 4.10. The Balaban J connectivity index is 1.66. The van der Waals surface area contributed by atoms with E-state index in [0.717, 1.165) is 16.5 Å². The molecule has 3 aromatic carbocycles. The fourth-order valence-corrected chi connectivity index (χ4v) is 3.14. The van der Waals surface area contributed by atoms with Crippen molar-refractivity contribution < 1.29 is 4.42 Å². The van der Waals surface area contributed by atoms with Crippen LogP contribution < -0.4 is 11.1 Å². The Morgan fingerprint density at radius 1 is 0.828 bits per heavy atom. The van der Waals surface area contributed by atoms with Crippen LogP contribution in [0.15, 0.2) is 88.1 Å². The lowest BCUT2D eigenvalue weighted by atomic mass is 10.1. The van der Waals surface area contributed by atoms with Gasteiger partial charge in [0.1, 0.15) is 5.82 Å². The number of H-pyrrole nitrogens is 1. The molecule has 0 aliphatic rings. The molecule has 0 radical (unpaired) electrons. The number of anilines is 2. The average Bonchev–Trinajstić information content (AvgIpc) is 3.21. The summed E-state index contributed by atoms with van der Waals surface area (Å²) in [5.41, 5.74) is 3.11. The molecule has 0 aliphatic carbocycles. The van der Waals surface area contributed by atoms with Crippen molar-refractivity contribution in [2.24, 2.45) is 0 Å². The van der Waals surface area contributed by atoms with Gasteiger partial charge in [0.25, 0.3) is 5.89 Å². The van der Waals surface area contributed by atoms with Gasteiger partial charge in [0, 0.05) is 10.9 Å². The third kappa shape index (κ3) is 3.25. The zero-order chi connectivity index (χ0) is 19.6. The van der Waals surface area contributed by atoms with Crippen molar-refractivity contribution in [1.29, 1.82) is 0 Å². The molecule has 0 unspecified atom stereocenters. The number of para-hydroxylation sites is 2. The van der Waals surface area contributed by atoms with E-state index in [4.69, 9.17) is 14.4 Å². The first-order valence-corrected chi connectivity index (χ1v) is 9.02. The maximum absolute atomic E-state index is 11.4. The summed E-state index contributed by atoms with van der Waals surface area (Å²) >= 11 is 0. The SMILES string of the molecule is O=c1[nH]nc(-c2ccccc2Nc2nc(-c3ccccc3)nc3ccccc23)o1. The summed E-state index contributed by atoms with van der Waals surface area (Å²) in [4.78, 5) is 20.9. The second kappa shape index (κ2) is 7.05. The van der Waals surface area contributed by atoms with Crippen LogP contribution in [0.25, 0.3) is 33.7 Å². The van der Waals surface area contributed by atoms with Crippen LogP contribution in [-0.4, -0.2) is 20.2 Å². The monoisotopic (exact) mass is 381 g/mol. The molecule has 0 atom stereocenters. The highest BCUT2D eigenvalue weighted by Crippen LogP contribution is 2.31. The average molecular weight is 381 g/mol. The van der Waals surface area contributed by atoms with E-state index in [1.165, 1.54) is 0 Å². The molecule has 0 saturated heterocycles. The topological polar surface area (TPSA) is 96.7 Å². The summed E-state index contributed by atoms with van der Waals surface area (Å²) in [7, 11) is 0. The van der Waals surface area contributed by atoms with Crippen LogP contribution in [0.1, 0.15) is 0 Å². The van der Waals surface area contributed by atoms with Crippen LogP contribution in [0.4, 0.5) is 11.5 Å². The predicted molar refractivity (Wildman–Crippen MR) is 111 cm³/mol. The minimum atomic E-state index is -0.603. The first kappa shape index (κ1) is 16.9. The van der Waals surface area contributed by atoms with Crippen LogP contribution in [0.2, 0.25) is 0 Å². The van der Waals surface area contributed by atoms with E-state index in [0.29, 0.717) is 22.9 Å². The Hall–Kier alpha value is -4.26. The van der Waals surface area contributed by atoms with Crippen LogP contribution in [0.5, 0.6) is 0 Å². The Morgan fingerprint density at radius 2 is 1.59 bits per heavy atom. The molecular formula is C22H15N5O2. The minimum Gasteiger partial charge on any atom is -0.388 e. The molecule has 29 heavy (non-hydrogen) atoms. The van der Waals surface area contributed by atoms with Crippen molar-refractivity contribution in [3.8, 4) is 22.8 Å². The van der Waals surface area contributed by atoms with Crippen molar-refractivity contribution in [2.45, 2.75) is 0 Å². The van der Waals surface area contributed by atoms with Gasteiger partial charge in [0.05, 0.1) is 16.8 Å². The van der Waals surface area contributed by atoms with E-state index in [1.54, 1.807) is 0 Å². The van der Waals surface area contributed by atoms with Crippen LogP contribution in [-0.2, 0) is 0 Å². The van der Waals surface area contributed by atoms with Crippen molar-refractivity contribution in [1.82, 2.24) is 20.2 Å². The number of hydrogen-bond acceptors (Lipinski definition) is 6. The number of aromatic nitrogens is 4. The van der Waals surface area contributed by atoms with Crippen LogP contribution in [0, 0.1) is 0 Å². The fourth-order valence-electron chi connectivity index (χ4n) is 3.14. The molecular weight excluding hydrogens is 366 g/mol. The third-order valence-corrected chi connectivity index (χ3v) is 4.48. The molecule has 0 spiro atoms. The molecule has 2 aromatic heterocycles. The number of benzene rings is 3. The molecule has 2 N–H and O–H groups in total. The molecule has 2 heterocycles. The molecule has 0 aliphatic heterocycles. The number of aromatic amines is 1. The molecule has 7 nitrogen and oxygen atoms in total. The van der Waals surface area contributed by atoms with E-state index in [-0.39, 0.29) is 5.89 Å². The number of fused-ring (bicyclic) bond motifs is 1. The maximum Gasteiger partial charge on any atom is 0.434 e. The molecule has 7 heteroatoms. The number of rotatable bonds is 4. The van der Waals surface area contributed by atoms with Crippen LogP contribution in [0.3, 0.4) is 0 Å². The first-order chi connectivity index (χ1) is 14.3. The summed E-state index contributed by atoms with van der Waals surface area (Å²) < 4.78 is 5.13. The maximum atomic E-state index is 11.4. The van der Waals surface area contributed by atoms with Crippen molar-refractivity contribution in [2.75, 3.05) is 5.32 Å². The van der Waals surface area contributed by atoms with E-state index >= 15 is 0 Å². The molecule has 0 saturated carbocycles. The van der Waals surface area contributed by atoms with E-state index in [2.05, 4.69) is 15.5 Å². The van der Waals surface area contributed by atoms with Gasteiger partial charge in [-0.3, -0.25) is 0 Å². The molecule has 0 fully saturated rings. The number of nitrogens with one attached hydrogen (secondary N) is 2. The summed E-state index contributed by atoms with van der Waals surface area (Å²) in [5.74, 6) is 0.878. The van der Waals surface area contributed by atoms with Gasteiger partial charge in [-0.1, -0.05) is 54.6 Å². The summed E-state index contributed by atoms with van der Waals surface area (Å²) in [6, 6.07) is 25.0. The molecule has 5 rings (SSSR count). The standard InChI is InChI=1S/C22H15N5O2/c28-22-27-26-21(29-22)16-11-5-7-13-18(16)24-20-15-10-4-6-12-17(15)23-19(25-20)14-8-2-1-3-9-14/h1-13H,(H,27,28)(H,23,24,25). The highest BCUT2D eigenvalue weighted by Gasteiger charge is 2.14. The second-order valence-corrected chi connectivity index (χ2v) is 6.37. The van der Waals surface area contributed by atoms with Gasteiger partial charge in [-0.25, -0.2) is 19.9 Å². The highest BCUT2D eigenvalue weighted by molar-refractivity contribution is 5.93. The molecule has 140 valence electrons. The van der Waals surface area contributed by atoms with Crippen LogP contribution >= 0.6 is 0 Å². The normalized spacial score (nSPS) is 10.9. The van der Waals surface area contributed by atoms with Gasteiger partial charge < -0.3 is 9.73 Å². The predicted octanol–water partition coefficient (Wildman–Crippen LogP) is 4.38. The Labute approximate surface area is 165 Å².